The molecular weight excluding hydrogens is 301 g/mol. The molecule has 1 rings (SSSR count). The van der Waals surface area contributed by atoms with Gasteiger partial charge in [0.05, 0.1) is 16.5 Å². The van der Waals surface area contributed by atoms with Crippen molar-refractivity contribution in [2.45, 2.75) is 12.8 Å². The summed E-state index contributed by atoms with van der Waals surface area (Å²) in [5.41, 5.74) is 0.180. The fourth-order valence-corrected chi connectivity index (χ4v) is 2.73. The van der Waals surface area contributed by atoms with E-state index in [2.05, 4.69) is 4.72 Å². The maximum atomic E-state index is 11.6. The number of nitrogens with one attached hydrogen (secondary N) is 1. The Morgan fingerprint density at radius 2 is 2.00 bits per heavy atom. The number of carboxylic acids is 1. The van der Waals surface area contributed by atoms with Gasteiger partial charge < -0.3 is 5.11 Å². The van der Waals surface area contributed by atoms with Crippen molar-refractivity contribution in [3.63, 3.8) is 0 Å². The van der Waals surface area contributed by atoms with Gasteiger partial charge in [-0.3, -0.25) is 9.52 Å². The lowest BCUT2D eigenvalue weighted by Gasteiger charge is -2.09. The summed E-state index contributed by atoms with van der Waals surface area (Å²) in [7, 11) is -3.63. The van der Waals surface area contributed by atoms with Crippen LogP contribution in [-0.4, -0.2) is 25.2 Å². The Morgan fingerprint density at radius 3 is 2.61 bits per heavy atom. The summed E-state index contributed by atoms with van der Waals surface area (Å²) >= 11 is 11.5. The molecule has 0 atom stereocenters. The number of carboxylic acid groups (broad SMARTS) is 1. The zero-order chi connectivity index (χ0) is 13.8. The number of hydrogen-bond donors (Lipinski definition) is 2. The fourth-order valence-electron chi connectivity index (χ4n) is 1.21. The number of benzene rings is 1. The number of hydrogen-bond acceptors (Lipinski definition) is 3. The van der Waals surface area contributed by atoms with Gasteiger partial charge in [0.1, 0.15) is 0 Å². The molecule has 100 valence electrons. The second-order valence-corrected chi connectivity index (χ2v) is 6.23. The van der Waals surface area contributed by atoms with E-state index in [0.29, 0.717) is 5.02 Å². The second kappa shape index (κ2) is 6.26. The van der Waals surface area contributed by atoms with E-state index in [1.165, 1.54) is 18.2 Å². The fraction of sp³-hybridized carbons (Fsp3) is 0.300. The summed E-state index contributed by atoms with van der Waals surface area (Å²) in [5.74, 6) is -1.33. The average Bonchev–Trinajstić information content (AvgIpc) is 2.22. The van der Waals surface area contributed by atoms with Crippen LogP contribution in [0.4, 0.5) is 5.69 Å². The van der Waals surface area contributed by atoms with Crippen molar-refractivity contribution in [2.75, 3.05) is 10.5 Å². The third-order valence-corrected chi connectivity index (χ3v) is 3.92. The molecule has 1 aromatic carbocycles. The highest BCUT2D eigenvalue weighted by Gasteiger charge is 2.13. The predicted octanol–water partition coefficient (Wildman–Crippen LogP) is 2.60. The Bertz CT molecular complexity index is 545. The van der Waals surface area contributed by atoms with Crippen molar-refractivity contribution in [2.24, 2.45) is 0 Å². The molecular formula is C10H11Cl2NO4S. The minimum Gasteiger partial charge on any atom is -0.481 e. The lowest BCUT2D eigenvalue weighted by Crippen LogP contribution is -2.17. The zero-order valence-electron chi connectivity index (χ0n) is 9.19. The minimum atomic E-state index is -3.63. The average molecular weight is 312 g/mol. The molecule has 0 radical (unpaired) electrons. The van der Waals surface area contributed by atoms with Crippen molar-refractivity contribution in [3.05, 3.63) is 28.2 Å². The van der Waals surface area contributed by atoms with Crippen LogP contribution in [0.3, 0.4) is 0 Å². The number of rotatable bonds is 6. The first-order valence-electron chi connectivity index (χ1n) is 4.97. The monoisotopic (exact) mass is 311 g/mol. The molecule has 0 aromatic heterocycles. The molecule has 0 saturated heterocycles. The molecule has 1 aromatic rings. The van der Waals surface area contributed by atoms with Crippen LogP contribution in [0.25, 0.3) is 0 Å². The molecule has 0 heterocycles. The Kier molecular flexibility index (Phi) is 5.25. The minimum absolute atomic E-state index is 0.0306. The van der Waals surface area contributed by atoms with Crippen LogP contribution in [0, 0.1) is 0 Å². The summed E-state index contributed by atoms with van der Waals surface area (Å²) in [6, 6.07) is 4.39. The number of halogens is 2. The van der Waals surface area contributed by atoms with Crippen LogP contribution in [-0.2, 0) is 14.8 Å². The van der Waals surface area contributed by atoms with Crippen LogP contribution in [0.2, 0.25) is 10.0 Å². The zero-order valence-corrected chi connectivity index (χ0v) is 11.5. The van der Waals surface area contributed by atoms with E-state index in [-0.39, 0.29) is 29.3 Å². The third kappa shape index (κ3) is 5.12. The van der Waals surface area contributed by atoms with Gasteiger partial charge in [0, 0.05) is 11.4 Å². The maximum Gasteiger partial charge on any atom is 0.303 e. The van der Waals surface area contributed by atoms with E-state index in [9.17, 15) is 13.2 Å². The van der Waals surface area contributed by atoms with Gasteiger partial charge in [-0.05, 0) is 24.6 Å². The largest absolute Gasteiger partial charge is 0.481 e. The molecule has 18 heavy (non-hydrogen) atoms. The Morgan fingerprint density at radius 1 is 1.33 bits per heavy atom. The van der Waals surface area contributed by atoms with Crippen LogP contribution in [0.5, 0.6) is 0 Å². The lowest BCUT2D eigenvalue weighted by atomic mass is 10.3. The smallest absolute Gasteiger partial charge is 0.303 e. The molecule has 0 fully saturated rings. The molecule has 0 spiro atoms. The van der Waals surface area contributed by atoms with E-state index < -0.39 is 16.0 Å². The summed E-state index contributed by atoms with van der Waals surface area (Å²) in [6.07, 6.45) is -0.174. The highest BCUT2D eigenvalue weighted by Crippen LogP contribution is 2.26. The standard InChI is InChI=1S/C10H11Cl2NO4S/c11-7-3-4-8(12)9(6-7)13-18(16,17)5-1-2-10(14)15/h3-4,6,13H,1-2,5H2,(H,14,15). The van der Waals surface area contributed by atoms with Gasteiger partial charge in [-0.15, -0.1) is 0 Å². The molecule has 0 unspecified atom stereocenters. The van der Waals surface area contributed by atoms with Gasteiger partial charge in [0.25, 0.3) is 0 Å². The molecule has 0 aliphatic heterocycles. The van der Waals surface area contributed by atoms with Gasteiger partial charge in [-0.25, -0.2) is 8.42 Å². The van der Waals surface area contributed by atoms with Gasteiger partial charge in [-0.2, -0.15) is 0 Å². The molecule has 0 bridgehead atoms. The Hall–Kier alpha value is -0.980. The van der Waals surface area contributed by atoms with Crippen molar-refractivity contribution >= 4 is 44.9 Å². The second-order valence-electron chi connectivity index (χ2n) is 3.54. The van der Waals surface area contributed by atoms with Crippen LogP contribution < -0.4 is 4.72 Å². The summed E-state index contributed by atoms with van der Waals surface area (Å²) in [5, 5.41) is 9.00. The van der Waals surface area contributed by atoms with Gasteiger partial charge >= 0.3 is 5.97 Å². The van der Waals surface area contributed by atoms with Crippen LogP contribution >= 0.6 is 23.2 Å². The van der Waals surface area contributed by atoms with Gasteiger partial charge in [-0.1, -0.05) is 23.2 Å². The van der Waals surface area contributed by atoms with E-state index in [1.807, 2.05) is 0 Å². The van der Waals surface area contributed by atoms with E-state index >= 15 is 0 Å². The number of sulfonamides is 1. The molecule has 0 amide bonds. The third-order valence-electron chi connectivity index (χ3n) is 2.00. The molecule has 5 nitrogen and oxygen atoms in total. The summed E-state index contributed by atoms with van der Waals surface area (Å²) in [6.45, 7) is 0. The number of carbonyl (C=O) groups is 1. The van der Waals surface area contributed by atoms with Crippen LogP contribution in [0.15, 0.2) is 18.2 Å². The molecule has 2 N–H and O–H groups in total. The van der Waals surface area contributed by atoms with Crippen molar-refractivity contribution < 1.29 is 18.3 Å². The predicted molar refractivity (Wildman–Crippen MR) is 70.7 cm³/mol. The lowest BCUT2D eigenvalue weighted by molar-refractivity contribution is -0.137. The number of anilines is 1. The molecule has 0 aliphatic carbocycles. The number of aliphatic carboxylic acids is 1. The summed E-state index contributed by atoms with van der Waals surface area (Å²) in [4.78, 5) is 10.3. The van der Waals surface area contributed by atoms with E-state index in [0.717, 1.165) is 0 Å². The van der Waals surface area contributed by atoms with E-state index in [4.69, 9.17) is 28.3 Å². The normalized spacial score (nSPS) is 11.2. The van der Waals surface area contributed by atoms with Crippen LogP contribution in [0.1, 0.15) is 12.8 Å². The highest BCUT2D eigenvalue weighted by atomic mass is 35.5. The highest BCUT2D eigenvalue weighted by molar-refractivity contribution is 7.92. The summed E-state index contributed by atoms with van der Waals surface area (Å²) < 4.78 is 25.5. The Labute approximate surface area is 115 Å². The van der Waals surface area contributed by atoms with Crippen molar-refractivity contribution in [1.82, 2.24) is 0 Å². The molecule has 0 aliphatic rings. The Balaban J connectivity index is 2.70. The van der Waals surface area contributed by atoms with Gasteiger partial charge in [0.2, 0.25) is 10.0 Å². The van der Waals surface area contributed by atoms with Crippen molar-refractivity contribution in [3.8, 4) is 0 Å². The first-order valence-corrected chi connectivity index (χ1v) is 7.38. The SMILES string of the molecule is O=C(O)CCCS(=O)(=O)Nc1cc(Cl)ccc1Cl. The van der Waals surface area contributed by atoms with Gasteiger partial charge in [0.15, 0.2) is 0 Å². The van der Waals surface area contributed by atoms with E-state index in [1.54, 1.807) is 0 Å². The van der Waals surface area contributed by atoms with Crippen molar-refractivity contribution in [1.29, 1.82) is 0 Å². The topological polar surface area (TPSA) is 83.5 Å². The molecule has 0 saturated carbocycles. The first kappa shape index (κ1) is 15.1. The maximum absolute atomic E-state index is 11.6. The quantitative estimate of drug-likeness (QED) is 0.845. The first-order chi connectivity index (χ1) is 8.30. The molecule has 8 heteroatoms.